The number of nitrogens with one attached hydrogen (secondary N) is 1. The number of nitrogens with two attached hydrogens (primary N) is 2. The molecule has 7 heteroatoms. The highest BCUT2D eigenvalue weighted by molar-refractivity contribution is 5.92. The molecule has 1 aromatic heterocycles. The predicted molar refractivity (Wildman–Crippen MR) is 86.8 cm³/mol. The van der Waals surface area contributed by atoms with E-state index in [1.807, 2.05) is 24.3 Å². The van der Waals surface area contributed by atoms with Crippen molar-refractivity contribution in [3.05, 3.63) is 24.3 Å². The second kappa shape index (κ2) is 6.36. The molecule has 112 valence electrons. The Labute approximate surface area is 124 Å². The van der Waals surface area contributed by atoms with Gasteiger partial charge in [-0.25, -0.2) is 4.98 Å². The average Bonchev–Trinajstić information content (AvgIpc) is 2.47. The third kappa shape index (κ3) is 3.19. The number of guanidine groups is 1. The number of nitrogens with zero attached hydrogens (tertiary/aromatic N) is 4. The maximum absolute atomic E-state index is 5.49. The van der Waals surface area contributed by atoms with Crippen LogP contribution in [0.4, 0.5) is 11.8 Å². The van der Waals surface area contributed by atoms with Crippen molar-refractivity contribution in [2.45, 2.75) is 7.43 Å². The molecule has 0 atom stereocenters. The molecule has 0 spiro atoms. The molecule has 1 saturated heterocycles. The highest BCUT2D eigenvalue weighted by Crippen LogP contribution is 2.25. The summed E-state index contributed by atoms with van der Waals surface area (Å²) in [5.74, 6) is 1.19. The number of hydrogen-bond donors (Lipinski definition) is 3. The first kappa shape index (κ1) is 15.0. The molecule has 3 rings (SSSR count). The first-order chi connectivity index (χ1) is 9.74. The van der Waals surface area contributed by atoms with E-state index in [0.29, 0.717) is 11.8 Å². The van der Waals surface area contributed by atoms with Crippen LogP contribution in [0, 0.1) is 0 Å². The van der Waals surface area contributed by atoms with Crippen molar-refractivity contribution in [3.63, 3.8) is 0 Å². The second-order valence-corrected chi connectivity index (χ2v) is 4.64. The van der Waals surface area contributed by atoms with E-state index in [1.54, 1.807) is 0 Å². The van der Waals surface area contributed by atoms with Gasteiger partial charge in [-0.2, -0.15) is 9.98 Å². The van der Waals surface area contributed by atoms with Crippen molar-refractivity contribution >= 4 is 28.6 Å². The van der Waals surface area contributed by atoms with E-state index in [9.17, 15) is 0 Å². The van der Waals surface area contributed by atoms with Gasteiger partial charge in [0, 0.05) is 31.6 Å². The maximum atomic E-state index is 5.49. The summed E-state index contributed by atoms with van der Waals surface area (Å²) >= 11 is 0. The van der Waals surface area contributed by atoms with Gasteiger partial charge in [0.25, 0.3) is 0 Å². The lowest BCUT2D eigenvalue weighted by molar-refractivity contribution is 0.580. The summed E-state index contributed by atoms with van der Waals surface area (Å²) in [6.45, 7) is 3.60. The molecule has 21 heavy (non-hydrogen) atoms. The number of fused-ring (bicyclic) bond motifs is 1. The van der Waals surface area contributed by atoms with Gasteiger partial charge in [0.05, 0.1) is 5.52 Å². The molecule has 0 saturated carbocycles. The minimum absolute atomic E-state index is 0. The van der Waals surface area contributed by atoms with Crippen molar-refractivity contribution in [3.8, 4) is 0 Å². The van der Waals surface area contributed by atoms with Crippen LogP contribution in [-0.4, -0.2) is 42.1 Å². The number of benzene rings is 1. The molecule has 0 radical (unpaired) electrons. The van der Waals surface area contributed by atoms with E-state index in [0.717, 1.165) is 37.1 Å². The molecule has 2 aromatic rings. The van der Waals surface area contributed by atoms with Crippen LogP contribution < -0.4 is 21.7 Å². The SMILES string of the molecule is C.NC(N)=Nc1nc(N2CCNCC2)nc2ccccc12. The standard InChI is InChI=1S/C13H17N7.CH4/c14-12(15)18-11-9-3-1-2-4-10(9)17-13(19-11)20-7-5-16-6-8-20;/h1-4,16H,5-8H2,(H4,14,15,17,18,19);1H4. The molecule has 7 nitrogen and oxygen atoms in total. The highest BCUT2D eigenvalue weighted by Gasteiger charge is 2.15. The van der Waals surface area contributed by atoms with Crippen LogP contribution in [0.2, 0.25) is 0 Å². The topological polar surface area (TPSA) is 105 Å². The predicted octanol–water partition coefficient (Wildman–Crippen LogP) is 0.580. The lowest BCUT2D eigenvalue weighted by Gasteiger charge is -2.27. The molecule has 1 aliphatic heterocycles. The number of anilines is 1. The molecule has 1 fully saturated rings. The van der Waals surface area contributed by atoms with Crippen molar-refractivity contribution in [2.24, 2.45) is 16.5 Å². The van der Waals surface area contributed by atoms with Gasteiger partial charge in [-0.05, 0) is 12.1 Å². The maximum Gasteiger partial charge on any atom is 0.228 e. The number of aromatic nitrogens is 2. The first-order valence-corrected chi connectivity index (χ1v) is 6.56. The number of piperazine rings is 1. The monoisotopic (exact) mass is 287 g/mol. The zero-order chi connectivity index (χ0) is 13.9. The van der Waals surface area contributed by atoms with Gasteiger partial charge in [0.1, 0.15) is 0 Å². The minimum atomic E-state index is 0. The zero-order valence-corrected chi connectivity index (χ0v) is 11.1. The van der Waals surface area contributed by atoms with Crippen LogP contribution in [0.5, 0.6) is 0 Å². The molecular weight excluding hydrogens is 266 g/mol. The number of para-hydroxylation sites is 1. The van der Waals surface area contributed by atoms with Gasteiger partial charge < -0.3 is 21.7 Å². The fourth-order valence-corrected chi connectivity index (χ4v) is 2.26. The molecule has 5 N–H and O–H groups in total. The van der Waals surface area contributed by atoms with Crippen LogP contribution in [-0.2, 0) is 0 Å². The summed E-state index contributed by atoms with van der Waals surface area (Å²) in [4.78, 5) is 15.4. The fraction of sp³-hybridized carbons (Fsp3) is 0.357. The molecule has 0 bridgehead atoms. The molecule has 0 amide bonds. The van der Waals surface area contributed by atoms with E-state index in [-0.39, 0.29) is 13.4 Å². The van der Waals surface area contributed by atoms with Crippen molar-refractivity contribution in [1.82, 2.24) is 15.3 Å². The fourth-order valence-electron chi connectivity index (χ4n) is 2.26. The van der Waals surface area contributed by atoms with Crippen molar-refractivity contribution < 1.29 is 0 Å². The normalized spacial score (nSPS) is 14.6. The number of rotatable bonds is 2. The zero-order valence-electron chi connectivity index (χ0n) is 11.1. The Morgan fingerprint density at radius 2 is 1.86 bits per heavy atom. The van der Waals surface area contributed by atoms with E-state index >= 15 is 0 Å². The lowest BCUT2D eigenvalue weighted by atomic mass is 10.2. The average molecular weight is 287 g/mol. The molecule has 0 aliphatic carbocycles. The molecule has 1 aliphatic rings. The van der Waals surface area contributed by atoms with Gasteiger partial charge in [-0.15, -0.1) is 0 Å². The largest absolute Gasteiger partial charge is 0.370 e. The van der Waals surface area contributed by atoms with Crippen LogP contribution in [0.15, 0.2) is 29.3 Å². The quantitative estimate of drug-likeness (QED) is 0.551. The highest BCUT2D eigenvalue weighted by atomic mass is 15.3. The third-order valence-corrected chi connectivity index (χ3v) is 3.21. The van der Waals surface area contributed by atoms with Gasteiger partial charge in [-0.3, -0.25) is 0 Å². The summed E-state index contributed by atoms with van der Waals surface area (Å²) in [7, 11) is 0. The lowest BCUT2D eigenvalue weighted by Crippen LogP contribution is -2.44. The van der Waals surface area contributed by atoms with Crippen molar-refractivity contribution in [2.75, 3.05) is 31.1 Å². The first-order valence-electron chi connectivity index (χ1n) is 6.56. The van der Waals surface area contributed by atoms with Gasteiger partial charge in [-0.1, -0.05) is 19.6 Å². The Bertz CT molecular complexity index is 643. The van der Waals surface area contributed by atoms with Crippen LogP contribution in [0.1, 0.15) is 7.43 Å². The molecule has 1 aromatic carbocycles. The molecular formula is C14H21N7. The smallest absolute Gasteiger partial charge is 0.228 e. The summed E-state index contributed by atoms with van der Waals surface area (Å²) in [5, 5.41) is 4.15. The number of hydrogen-bond acceptors (Lipinski definition) is 5. The van der Waals surface area contributed by atoms with Crippen LogP contribution in [0.3, 0.4) is 0 Å². The molecule has 0 unspecified atom stereocenters. The summed E-state index contributed by atoms with van der Waals surface area (Å²) < 4.78 is 0. The Balaban J connectivity index is 0.00000161. The summed E-state index contributed by atoms with van der Waals surface area (Å²) in [6, 6.07) is 7.71. The van der Waals surface area contributed by atoms with Crippen LogP contribution in [0.25, 0.3) is 10.9 Å². The van der Waals surface area contributed by atoms with Gasteiger partial charge >= 0.3 is 0 Å². The van der Waals surface area contributed by atoms with Gasteiger partial charge in [0.15, 0.2) is 11.8 Å². The third-order valence-electron chi connectivity index (χ3n) is 3.21. The van der Waals surface area contributed by atoms with E-state index in [1.165, 1.54) is 0 Å². The Kier molecular flexibility index (Phi) is 4.54. The Hall–Kier alpha value is -2.41. The summed E-state index contributed by atoms with van der Waals surface area (Å²) in [6.07, 6.45) is 0. The van der Waals surface area contributed by atoms with E-state index in [4.69, 9.17) is 11.5 Å². The summed E-state index contributed by atoms with van der Waals surface area (Å²) in [5.41, 5.74) is 11.8. The van der Waals surface area contributed by atoms with Gasteiger partial charge in [0.2, 0.25) is 5.95 Å². The Morgan fingerprint density at radius 3 is 2.57 bits per heavy atom. The molecule has 2 heterocycles. The van der Waals surface area contributed by atoms with Crippen molar-refractivity contribution in [1.29, 1.82) is 0 Å². The van der Waals surface area contributed by atoms with E-state index < -0.39 is 0 Å². The second-order valence-electron chi connectivity index (χ2n) is 4.64. The minimum Gasteiger partial charge on any atom is -0.370 e. The van der Waals surface area contributed by atoms with Crippen LogP contribution >= 0.6 is 0 Å². The van der Waals surface area contributed by atoms with E-state index in [2.05, 4.69) is 25.2 Å². The number of aliphatic imine (C=N–C) groups is 1. The Morgan fingerprint density at radius 1 is 1.14 bits per heavy atom.